The monoisotopic (exact) mass is 213 g/mol. The summed E-state index contributed by atoms with van der Waals surface area (Å²) in [6.07, 6.45) is 0.890. The van der Waals surface area contributed by atoms with Crippen LogP contribution >= 0.6 is 11.3 Å². The molecular weight excluding hydrogens is 202 g/mol. The summed E-state index contributed by atoms with van der Waals surface area (Å²) >= 11 is 1.61. The molecular formula is C13H11NS. The van der Waals surface area contributed by atoms with Gasteiger partial charge < -0.3 is 0 Å². The first-order chi connectivity index (χ1) is 7.40. The second-order valence-corrected chi connectivity index (χ2v) is 3.83. The highest BCUT2D eigenvalue weighted by atomic mass is 32.1. The number of nitrogens with zero attached hydrogens (tertiary/aromatic N) is 1. The highest BCUT2D eigenvalue weighted by molar-refractivity contribution is 7.07. The summed E-state index contributed by atoms with van der Waals surface area (Å²) in [6, 6.07) is 8.19. The zero-order valence-electron chi connectivity index (χ0n) is 8.53. The van der Waals surface area contributed by atoms with Crippen LogP contribution in [0.3, 0.4) is 0 Å². The molecule has 15 heavy (non-hydrogen) atoms. The molecule has 1 nitrogen and oxygen atoms in total. The van der Waals surface area contributed by atoms with Gasteiger partial charge in [0.25, 0.3) is 0 Å². The largest absolute Gasteiger partial charge is 0.245 e. The van der Waals surface area contributed by atoms with Crippen LogP contribution in [0.5, 0.6) is 0 Å². The summed E-state index contributed by atoms with van der Waals surface area (Å²) in [7, 11) is 0. The average Bonchev–Trinajstić information content (AvgIpc) is 2.80. The Morgan fingerprint density at radius 2 is 2.33 bits per heavy atom. The summed E-state index contributed by atoms with van der Waals surface area (Å²) in [5.74, 6) is 6.19. The molecule has 1 aromatic carbocycles. The van der Waals surface area contributed by atoms with Gasteiger partial charge in [-0.05, 0) is 12.1 Å². The predicted molar refractivity (Wildman–Crippen MR) is 64.7 cm³/mol. The second kappa shape index (κ2) is 4.77. The number of hydrogen-bond acceptors (Lipinski definition) is 2. The first kappa shape index (κ1) is 9.95. The third-order valence-corrected chi connectivity index (χ3v) is 2.59. The van der Waals surface area contributed by atoms with Crippen molar-refractivity contribution in [1.29, 1.82) is 0 Å². The van der Waals surface area contributed by atoms with Crippen molar-refractivity contribution in [3.63, 3.8) is 0 Å². The Morgan fingerprint density at radius 3 is 3.07 bits per heavy atom. The number of hydrogen-bond donors (Lipinski definition) is 0. The second-order valence-electron chi connectivity index (χ2n) is 3.11. The molecule has 0 spiro atoms. The van der Waals surface area contributed by atoms with Gasteiger partial charge in [0, 0.05) is 22.9 Å². The molecule has 0 bridgehead atoms. The zero-order chi connectivity index (χ0) is 10.5. The van der Waals surface area contributed by atoms with Gasteiger partial charge in [-0.25, -0.2) is 4.98 Å². The summed E-state index contributed by atoms with van der Waals surface area (Å²) in [5.41, 5.74) is 5.07. The van der Waals surface area contributed by atoms with E-state index in [0.717, 1.165) is 23.2 Å². The van der Waals surface area contributed by atoms with Crippen LogP contribution in [-0.4, -0.2) is 4.98 Å². The fraction of sp³-hybridized carbons (Fsp3) is 0.154. The molecule has 0 radical (unpaired) electrons. The van der Waals surface area contributed by atoms with Crippen molar-refractivity contribution in [1.82, 2.24) is 4.98 Å². The predicted octanol–water partition coefficient (Wildman–Crippen LogP) is 3.57. The molecule has 2 aromatic rings. The van der Waals surface area contributed by atoms with Crippen molar-refractivity contribution in [3.05, 3.63) is 40.7 Å². The van der Waals surface area contributed by atoms with E-state index in [1.807, 2.05) is 23.0 Å². The lowest BCUT2D eigenvalue weighted by atomic mass is 10.1. The van der Waals surface area contributed by atoms with Crippen molar-refractivity contribution < 1.29 is 0 Å². The number of aromatic nitrogens is 1. The fourth-order valence-corrected chi connectivity index (χ4v) is 1.86. The van der Waals surface area contributed by atoms with Crippen molar-refractivity contribution in [2.45, 2.75) is 13.3 Å². The molecule has 0 fully saturated rings. The van der Waals surface area contributed by atoms with Crippen LogP contribution in [-0.2, 0) is 0 Å². The van der Waals surface area contributed by atoms with E-state index >= 15 is 0 Å². The van der Waals surface area contributed by atoms with Crippen LogP contribution in [0, 0.1) is 11.8 Å². The lowest BCUT2D eigenvalue weighted by molar-refractivity contribution is 1.28. The van der Waals surface area contributed by atoms with Gasteiger partial charge in [0.1, 0.15) is 0 Å². The van der Waals surface area contributed by atoms with Gasteiger partial charge in [-0.2, -0.15) is 0 Å². The van der Waals surface area contributed by atoms with Gasteiger partial charge in [0.05, 0.1) is 11.2 Å². The Hall–Kier alpha value is -1.59. The molecule has 1 heterocycles. The van der Waals surface area contributed by atoms with Gasteiger partial charge >= 0.3 is 0 Å². The van der Waals surface area contributed by atoms with Crippen molar-refractivity contribution in [3.8, 4) is 23.1 Å². The summed E-state index contributed by atoms with van der Waals surface area (Å²) < 4.78 is 0. The highest BCUT2D eigenvalue weighted by Crippen LogP contribution is 2.19. The maximum atomic E-state index is 4.28. The van der Waals surface area contributed by atoms with Crippen LogP contribution in [0.25, 0.3) is 11.3 Å². The Balaban J connectivity index is 2.35. The molecule has 0 amide bonds. The van der Waals surface area contributed by atoms with Gasteiger partial charge in [-0.15, -0.1) is 11.3 Å². The molecule has 1 aromatic heterocycles. The molecule has 0 N–H and O–H groups in total. The lowest BCUT2D eigenvalue weighted by Crippen LogP contribution is -1.79. The first-order valence-corrected chi connectivity index (χ1v) is 5.82. The maximum Gasteiger partial charge on any atom is 0.0811 e. The minimum atomic E-state index is 0.890. The van der Waals surface area contributed by atoms with Crippen molar-refractivity contribution in [2.24, 2.45) is 0 Å². The minimum absolute atomic E-state index is 0.890. The molecule has 0 aliphatic heterocycles. The van der Waals surface area contributed by atoms with E-state index in [1.165, 1.54) is 0 Å². The molecule has 0 unspecified atom stereocenters. The standard InChI is InChI=1S/C13H11NS/c1-2-3-5-11-6-4-7-12(8-11)13-9-15-10-14-13/h4,6-10H,2H2,1H3. The quantitative estimate of drug-likeness (QED) is 0.660. The van der Waals surface area contributed by atoms with Crippen molar-refractivity contribution in [2.75, 3.05) is 0 Å². The highest BCUT2D eigenvalue weighted by Gasteiger charge is 1.98. The number of benzene rings is 1. The normalized spacial score (nSPS) is 9.40. The molecule has 2 heteroatoms. The van der Waals surface area contributed by atoms with Crippen molar-refractivity contribution >= 4 is 11.3 Å². The Morgan fingerprint density at radius 1 is 1.40 bits per heavy atom. The van der Waals surface area contributed by atoms with Crippen LogP contribution in [0.15, 0.2) is 35.2 Å². The van der Waals surface area contributed by atoms with E-state index in [-0.39, 0.29) is 0 Å². The molecule has 0 saturated heterocycles. The fourth-order valence-electron chi connectivity index (χ4n) is 1.30. The van der Waals surface area contributed by atoms with Gasteiger partial charge in [-0.3, -0.25) is 0 Å². The molecule has 74 valence electrons. The average molecular weight is 213 g/mol. The summed E-state index contributed by atoms with van der Waals surface area (Å²) in [6.45, 7) is 2.05. The minimum Gasteiger partial charge on any atom is -0.245 e. The van der Waals surface area contributed by atoms with Crippen LogP contribution < -0.4 is 0 Å². The van der Waals surface area contributed by atoms with Crippen LogP contribution in [0.1, 0.15) is 18.9 Å². The van der Waals surface area contributed by atoms with Gasteiger partial charge in [-0.1, -0.05) is 30.9 Å². The van der Waals surface area contributed by atoms with Crippen LogP contribution in [0.2, 0.25) is 0 Å². The molecule has 0 atom stereocenters. The maximum absolute atomic E-state index is 4.28. The van der Waals surface area contributed by atoms with E-state index in [2.05, 4.69) is 35.9 Å². The molecule has 0 aliphatic carbocycles. The topological polar surface area (TPSA) is 12.9 Å². The first-order valence-electron chi connectivity index (χ1n) is 4.87. The smallest absolute Gasteiger partial charge is 0.0811 e. The Bertz CT molecular complexity index is 489. The molecule has 2 rings (SSSR count). The third kappa shape index (κ3) is 2.45. The lowest BCUT2D eigenvalue weighted by Gasteiger charge is -1.96. The van der Waals surface area contributed by atoms with E-state index in [9.17, 15) is 0 Å². The summed E-state index contributed by atoms with van der Waals surface area (Å²) in [5, 5.41) is 2.05. The zero-order valence-corrected chi connectivity index (χ0v) is 9.34. The summed E-state index contributed by atoms with van der Waals surface area (Å²) in [4.78, 5) is 4.28. The van der Waals surface area contributed by atoms with E-state index in [0.29, 0.717) is 0 Å². The number of thiazole rings is 1. The number of rotatable bonds is 1. The van der Waals surface area contributed by atoms with E-state index in [4.69, 9.17) is 0 Å². The van der Waals surface area contributed by atoms with Crippen LogP contribution in [0.4, 0.5) is 0 Å². The Kier molecular flexibility index (Phi) is 3.16. The molecule has 0 aliphatic rings. The Labute approximate surface area is 93.8 Å². The molecule has 0 saturated carbocycles. The van der Waals surface area contributed by atoms with E-state index < -0.39 is 0 Å². The van der Waals surface area contributed by atoms with Gasteiger partial charge in [0.2, 0.25) is 0 Å². The van der Waals surface area contributed by atoms with E-state index in [1.54, 1.807) is 11.3 Å². The third-order valence-electron chi connectivity index (χ3n) is 2.00. The van der Waals surface area contributed by atoms with Gasteiger partial charge in [0.15, 0.2) is 0 Å². The SMILES string of the molecule is CCC#Cc1cccc(-c2cscn2)c1.